The minimum absolute atomic E-state index is 0.0470. The summed E-state index contributed by atoms with van der Waals surface area (Å²) in [5.74, 6) is -5.52. The van der Waals surface area contributed by atoms with Gasteiger partial charge >= 0.3 is 55.0 Å². The van der Waals surface area contributed by atoms with Crippen LogP contribution in [0, 0.1) is 0 Å². The molecule has 57 heteroatoms. The van der Waals surface area contributed by atoms with Gasteiger partial charge in [0.1, 0.15) is 120 Å². The lowest BCUT2D eigenvalue weighted by Crippen LogP contribution is -2.41. The van der Waals surface area contributed by atoms with Crippen LogP contribution < -0.4 is 10.6 Å². The van der Waals surface area contributed by atoms with Gasteiger partial charge < -0.3 is 151 Å². The first-order chi connectivity index (χ1) is 51.5. The van der Waals surface area contributed by atoms with E-state index in [4.69, 9.17) is 169 Å². The standard InChI is InChI=1S/C13H24BF2N2O7P.C13H25BFN2O7P.C10H18BF2O7P.C10H19BFO7P.C9H15BF3O6P/c1-18(2)5-4-17-9(19)7-24-11-10(23-3)8(25-12(11)14)6-13(15,16)26(20,21)22;1-17(2)5-4-16-10(18)7-23-12-11(22-3)8(24-13(12)14)6-9(15)25(19,20)21;1-18-7-6(5-10(12,13)21(15,16)17)20-9(11)8(7)19-4-2-3-14;1-17-8-6(5-7(12)20(14,15)16)19-10(11)9(8)18-4-2-3-13;1-17-6-5(4-9(12,13)20(14,15)16)19-8(10)7(6)18-3-2-11/h8,10-12H,4-7H2,1-3H3,(H,17,19)(H2,20,21,22);8-9,11-13H,4-7H2,1-3H3,(H,16,18)(H2,19,20,21);6-9,14H,2-5H2,1H3,(H2,15,16,17);6-10,13H,2-5H2,1H3,(H2,14,15,16);5-8H,2-4H2,1H3,(H2,14,15,16)/t8-,10-,11-,12-;8-,9?,11-,12-,13-;6-,7-,8-,9-;6-,7?,8-,9-,10-;5-,6-,7-,8-/m11111/s1. The van der Waals surface area contributed by atoms with Crippen LogP contribution in [0.15, 0.2) is 0 Å². The van der Waals surface area contributed by atoms with Crippen LogP contribution in [0.25, 0.3) is 0 Å². The summed E-state index contributed by atoms with van der Waals surface area (Å²) < 4.78 is 252. The Morgan fingerprint density at radius 1 is 0.420 bits per heavy atom. The zero-order chi connectivity index (χ0) is 86.5. The Morgan fingerprint density at radius 3 is 0.866 bits per heavy atom. The Balaban J connectivity index is 0.000000703. The summed E-state index contributed by atoms with van der Waals surface area (Å²) in [5, 5.41) is 22.6. The van der Waals surface area contributed by atoms with Crippen molar-refractivity contribution < 1.29 is 202 Å². The maximum Gasteiger partial charge on any atom is 0.394 e. The van der Waals surface area contributed by atoms with E-state index in [9.17, 15) is 71.9 Å². The van der Waals surface area contributed by atoms with Gasteiger partial charge in [0.2, 0.25) is 23.6 Å². The highest BCUT2D eigenvalue weighted by Gasteiger charge is 2.58. The normalized spacial score (nSPS) is 29.8. The molecule has 10 radical (unpaired) electrons. The van der Waals surface area contributed by atoms with E-state index in [0.717, 1.165) is 0 Å². The second-order valence-corrected chi connectivity index (χ2v) is 34.4. The second-order valence-electron chi connectivity index (χ2n) is 25.7. The molecule has 0 saturated carbocycles. The predicted molar refractivity (Wildman–Crippen MR) is 375 cm³/mol. The number of rotatable bonds is 43. The largest absolute Gasteiger partial charge is 0.396 e. The molecule has 0 aromatic heterocycles. The lowest BCUT2D eigenvalue weighted by molar-refractivity contribution is -0.131. The van der Waals surface area contributed by atoms with Gasteiger partial charge in [0.25, 0.3) is 0 Å². The van der Waals surface area contributed by atoms with Crippen molar-refractivity contribution in [1.82, 2.24) is 20.4 Å². The number of likely N-dealkylation sites (N-methyl/N-ethyl adjacent to an activating group) is 2. The summed E-state index contributed by atoms with van der Waals surface area (Å²) >= 11 is 0. The quantitative estimate of drug-likeness (QED) is 0.0132. The molecule has 5 rings (SSSR count). The molecule has 0 aromatic carbocycles. The molecule has 5 aliphatic heterocycles. The van der Waals surface area contributed by atoms with Crippen molar-refractivity contribution in [3.05, 3.63) is 0 Å². The monoisotopic (exact) mass is 1740 g/mol. The summed E-state index contributed by atoms with van der Waals surface area (Å²) in [6, 6.07) is -5.29. The first kappa shape index (κ1) is 109. The minimum Gasteiger partial charge on any atom is -0.396 e. The summed E-state index contributed by atoms with van der Waals surface area (Å²) in [7, 11) is 15.4. The lowest BCUT2D eigenvalue weighted by atomic mass is 9.92. The Bertz CT molecular complexity index is 2970. The third kappa shape index (κ3) is 36.1. The molecule has 14 N–H and O–H groups in total. The molecule has 5 saturated heterocycles. The highest BCUT2D eigenvalue weighted by Crippen LogP contribution is 2.59. The fourth-order valence-electron chi connectivity index (χ4n) is 10.8. The summed E-state index contributed by atoms with van der Waals surface area (Å²) in [5.41, 5.74) is -12.8. The average Bonchev–Trinajstić information content (AvgIpc) is 1.62. The topological polar surface area (TPSA) is 531 Å². The summed E-state index contributed by atoms with van der Waals surface area (Å²) in [6.07, 6.45) is -19.4. The molecule has 2 amide bonds. The first-order valence-corrected chi connectivity index (χ1v) is 41.8. The van der Waals surface area contributed by atoms with Gasteiger partial charge in [-0.05, 0) is 41.0 Å². The Labute approximate surface area is 647 Å². The van der Waals surface area contributed by atoms with Gasteiger partial charge in [-0.3, -0.25) is 32.4 Å². The Hall–Kier alpha value is -1.38. The number of aliphatic hydroxyl groups is 2. The molecule has 5 fully saturated rings. The zero-order valence-corrected chi connectivity index (χ0v) is 66.9. The zero-order valence-electron chi connectivity index (χ0n) is 62.4. The van der Waals surface area contributed by atoms with Gasteiger partial charge in [-0.2, -0.15) is 26.3 Å². The number of nitrogens with one attached hydrogen (secondary N) is 2. The van der Waals surface area contributed by atoms with E-state index in [0.29, 0.717) is 39.0 Å². The molecule has 0 aliphatic carbocycles. The van der Waals surface area contributed by atoms with Crippen molar-refractivity contribution in [3.8, 4) is 0 Å². The van der Waals surface area contributed by atoms with Crippen molar-refractivity contribution in [2.24, 2.45) is 0 Å². The van der Waals surface area contributed by atoms with Crippen LogP contribution in [0.5, 0.6) is 0 Å². The minimum atomic E-state index is -5.67. The number of hydrogen-bond acceptors (Lipinski definition) is 26. The third-order valence-corrected chi connectivity index (χ3v) is 21.5. The Kier molecular flexibility index (Phi) is 48.6. The molecular weight excluding hydrogens is 1640 g/mol. The number of alkyl halides is 9. The van der Waals surface area contributed by atoms with Crippen molar-refractivity contribution in [1.29, 1.82) is 0 Å². The van der Waals surface area contributed by atoms with Gasteiger partial charge in [0, 0.05) is 131 Å². The SMILES string of the molecule is [B][C@@H]1O[C@H](CC(F)(F)P(=O)(O)O)[C@@H](OC)[C@H]1OCC(=O)NCCN(C)C.[B][C@@H]1O[C@H](CC(F)(F)P(=O)(O)O)[C@@H](OC)[C@H]1OCCCO.[B][C@@H]1O[C@H](CC(F)(F)P(=O)(O)O)[C@@H](OC)[C@H]1OCCF.[B][C@@H]1O[C@H](CC(F)P(=O)(O)O)[C@@H](OC)[C@H]1OCC(=O)NCCN(C)C.[B][C@@H]1O[C@H](CC(F)P(=O)(O)O)[C@@H](OC)[C@H]1OCCCO. The fraction of sp³-hybridized carbons (Fsp3) is 0.964. The molecule has 22 atom stereocenters. The number of aliphatic hydroxyl groups excluding tert-OH is 2. The molecule has 0 bridgehead atoms. The number of halogens is 9. The molecule has 5 aliphatic rings. The van der Waals surface area contributed by atoms with E-state index in [-0.39, 0.29) is 45.5 Å². The van der Waals surface area contributed by atoms with Crippen molar-refractivity contribution in [2.75, 3.05) is 143 Å². The van der Waals surface area contributed by atoms with Crippen LogP contribution in [0.4, 0.5) is 39.5 Å². The van der Waals surface area contributed by atoms with Crippen molar-refractivity contribution in [3.63, 3.8) is 0 Å². The highest BCUT2D eigenvalue weighted by atomic mass is 31.2. The van der Waals surface area contributed by atoms with Crippen molar-refractivity contribution in [2.45, 2.75) is 195 Å². The summed E-state index contributed by atoms with van der Waals surface area (Å²) in [4.78, 5) is 114. The number of amides is 2. The van der Waals surface area contributed by atoms with E-state index in [1.54, 1.807) is 0 Å². The molecule has 648 valence electrons. The molecule has 38 nitrogen and oxygen atoms in total. The maximum atomic E-state index is 13.6. The number of carbonyl (C=O) groups excluding carboxylic acids is 2. The Morgan fingerprint density at radius 2 is 0.652 bits per heavy atom. The smallest absolute Gasteiger partial charge is 0.394 e. The van der Waals surface area contributed by atoms with Crippen LogP contribution in [0.3, 0.4) is 0 Å². The second kappa shape index (κ2) is 50.1. The van der Waals surface area contributed by atoms with Gasteiger partial charge in [0.15, 0.2) is 0 Å². The van der Waals surface area contributed by atoms with E-state index >= 15 is 0 Å². The molecular formula is C55H101B5F9N4O34P5. The van der Waals surface area contributed by atoms with Gasteiger partial charge in [-0.15, -0.1) is 0 Å². The van der Waals surface area contributed by atoms with Crippen molar-refractivity contribution >= 4 is 89.0 Å². The van der Waals surface area contributed by atoms with Gasteiger partial charge in [-0.25, -0.2) is 13.2 Å². The van der Waals surface area contributed by atoms with E-state index in [1.807, 2.05) is 38.0 Å². The van der Waals surface area contributed by atoms with E-state index in [1.165, 1.54) is 35.5 Å². The first-order valence-electron chi connectivity index (χ1n) is 33.6. The molecule has 2 unspecified atom stereocenters. The predicted octanol–water partition coefficient (Wildman–Crippen LogP) is -2.30. The number of methoxy groups -OCH3 is 5. The highest BCUT2D eigenvalue weighted by molar-refractivity contribution is 7.54. The van der Waals surface area contributed by atoms with E-state index < -0.39 is 240 Å². The van der Waals surface area contributed by atoms with Crippen LogP contribution in [0.1, 0.15) is 44.9 Å². The van der Waals surface area contributed by atoms with E-state index in [2.05, 4.69) is 10.6 Å². The molecule has 112 heavy (non-hydrogen) atoms. The maximum absolute atomic E-state index is 13.6. The number of ether oxygens (including phenoxy) is 15. The number of nitrogens with zero attached hydrogens (tertiary/aromatic N) is 2. The molecule has 0 aromatic rings. The summed E-state index contributed by atoms with van der Waals surface area (Å²) in [6.45, 7) is 0.523. The third-order valence-electron chi connectivity index (χ3n) is 16.5. The fourth-order valence-corrected chi connectivity index (χ4v) is 13.0. The number of carbonyl (C=O) groups is 2. The average molecular weight is 1740 g/mol. The molecule has 0 spiro atoms. The van der Waals surface area contributed by atoms with Gasteiger partial charge in [0.05, 0.1) is 56.4 Å². The number of hydrogen-bond donors (Lipinski definition) is 14. The van der Waals surface area contributed by atoms with Crippen LogP contribution in [-0.2, 0) is 103 Å². The van der Waals surface area contributed by atoms with Crippen LogP contribution in [0.2, 0.25) is 0 Å². The van der Waals surface area contributed by atoms with Crippen LogP contribution in [-0.4, -0.2) is 413 Å². The molecule has 5 heterocycles. The van der Waals surface area contributed by atoms with Crippen LogP contribution >= 0.6 is 38.0 Å². The van der Waals surface area contributed by atoms with Gasteiger partial charge in [-0.1, -0.05) is 0 Å². The lowest BCUT2D eigenvalue weighted by Gasteiger charge is -2.25.